The number of aryl methyl sites for hydroxylation is 1. The summed E-state index contributed by atoms with van der Waals surface area (Å²) in [6.45, 7) is 0. The molecule has 0 bridgehead atoms. The number of hydrogen-bond acceptors (Lipinski definition) is 2. The van der Waals surface area contributed by atoms with Crippen molar-refractivity contribution in [2.45, 2.75) is 19.3 Å². The fraction of sp³-hybridized carbons (Fsp3) is 0.364. The maximum absolute atomic E-state index is 10.4. The molecule has 0 spiro atoms. The Balaban J connectivity index is 2.40. The Morgan fingerprint density at radius 2 is 2.00 bits per heavy atom. The van der Waals surface area contributed by atoms with Gasteiger partial charge in [-0.3, -0.25) is 10.5 Å². The first kappa shape index (κ1) is 10.6. The second-order valence-corrected chi connectivity index (χ2v) is 3.12. The third-order valence-electron chi connectivity index (χ3n) is 2.03. The molecule has 0 aliphatic rings. The van der Waals surface area contributed by atoms with Crippen molar-refractivity contribution in [3.05, 3.63) is 29.8 Å². The minimum Gasteiger partial charge on any atom is -0.497 e. The van der Waals surface area contributed by atoms with Gasteiger partial charge in [-0.2, -0.15) is 0 Å². The first-order valence-corrected chi connectivity index (χ1v) is 4.59. The molecule has 0 aliphatic carbocycles. The van der Waals surface area contributed by atoms with Crippen molar-refractivity contribution in [2.75, 3.05) is 7.11 Å². The molecule has 1 amide bonds. The second kappa shape index (κ2) is 5.27. The van der Waals surface area contributed by atoms with Gasteiger partial charge >= 0.3 is 0 Å². The third kappa shape index (κ3) is 3.47. The molecule has 3 nitrogen and oxygen atoms in total. The molecule has 0 fully saturated rings. The van der Waals surface area contributed by atoms with Crippen molar-refractivity contribution >= 4 is 5.91 Å². The molecule has 0 aromatic heterocycles. The van der Waals surface area contributed by atoms with Gasteiger partial charge in [0.05, 0.1) is 7.11 Å². The number of benzene rings is 1. The zero-order valence-corrected chi connectivity index (χ0v) is 8.25. The Morgan fingerprint density at radius 1 is 1.36 bits per heavy atom. The van der Waals surface area contributed by atoms with Crippen LogP contribution in [0, 0.1) is 0 Å². The molecule has 1 aromatic rings. The summed E-state index contributed by atoms with van der Waals surface area (Å²) < 4.78 is 5.03. The maximum Gasteiger partial charge on any atom is 0.238 e. The van der Waals surface area contributed by atoms with Gasteiger partial charge in [0.2, 0.25) is 5.91 Å². The average Bonchev–Trinajstić information content (AvgIpc) is 2.18. The molecule has 1 rings (SSSR count). The zero-order valence-electron chi connectivity index (χ0n) is 8.25. The minimum absolute atomic E-state index is 0.339. The van der Waals surface area contributed by atoms with E-state index < -0.39 is 5.91 Å². The average molecular weight is 192 g/mol. The van der Waals surface area contributed by atoms with Crippen molar-refractivity contribution in [1.29, 1.82) is 0 Å². The van der Waals surface area contributed by atoms with Crippen LogP contribution in [-0.4, -0.2) is 13.0 Å². The maximum atomic E-state index is 10.4. The molecule has 14 heavy (non-hydrogen) atoms. The Bertz CT molecular complexity index is 293. The second-order valence-electron chi connectivity index (χ2n) is 3.12. The molecule has 1 aromatic carbocycles. The van der Waals surface area contributed by atoms with Crippen molar-refractivity contribution in [1.82, 2.24) is 5.73 Å². The molecule has 0 saturated heterocycles. The van der Waals surface area contributed by atoms with Gasteiger partial charge in [-0.05, 0) is 30.5 Å². The minimum atomic E-state index is -0.487. The van der Waals surface area contributed by atoms with E-state index in [1.165, 1.54) is 5.56 Å². The lowest BCUT2D eigenvalue weighted by Crippen LogP contribution is -1.98. The van der Waals surface area contributed by atoms with Crippen LogP contribution in [-0.2, 0) is 11.2 Å². The lowest BCUT2D eigenvalue weighted by molar-refractivity contribution is -0.118. The predicted octanol–water partition coefficient (Wildman–Crippen LogP) is 1.83. The SMILES string of the molecule is COc1ccc(CCCC([NH])=O)cc1. The standard InChI is InChI=1S/C11H14NO2/c1-14-10-7-5-9(6-8-10)3-2-4-11(12)13/h5-8,12H,2-4H2,1H3. The summed E-state index contributed by atoms with van der Waals surface area (Å²) in [5, 5.41) is 0. The van der Waals surface area contributed by atoms with Gasteiger partial charge in [-0.25, -0.2) is 0 Å². The summed E-state index contributed by atoms with van der Waals surface area (Å²) in [4.78, 5) is 10.4. The molecule has 0 aliphatic heterocycles. The first-order valence-electron chi connectivity index (χ1n) is 4.59. The highest BCUT2D eigenvalue weighted by Gasteiger charge is 1.97. The number of ether oxygens (including phenoxy) is 1. The summed E-state index contributed by atoms with van der Waals surface area (Å²) in [6.07, 6.45) is 1.93. The number of rotatable bonds is 5. The first-order chi connectivity index (χ1) is 6.72. The quantitative estimate of drug-likeness (QED) is 0.714. The van der Waals surface area contributed by atoms with Crippen LogP contribution in [0.15, 0.2) is 24.3 Å². The van der Waals surface area contributed by atoms with E-state index in [1.807, 2.05) is 24.3 Å². The largest absolute Gasteiger partial charge is 0.497 e. The number of carbonyl (C=O) groups excluding carboxylic acids is 1. The van der Waals surface area contributed by atoms with Crippen LogP contribution in [0.5, 0.6) is 5.75 Å². The van der Waals surface area contributed by atoms with Crippen LogP contribution in [0.3, 0.4) is 0 Å². The van der Waals surface area contributed by atoms with E-state index in [9.17, 15) is 4.79 Å². The van der Waals surface area contributed by atoms with Crippen molar-refractivity contribution in [3.63, 3.8) is 0 Å². The van der Waals surface area contributed by atoms with E-state index in [1.54, 1.807) is 7.11 Å². The summed E-state index contributed by atoms with van der Waals surface area (Å²) in [7, 11) is 1.63. The van der Waals surface area contributed by atoms with Gasteiger partial charge in [0.1, 0.15) is 5.75 Å². The number of nitrogens with one attached hydrogen (secondary N) is 1. The normalized spacial score (nSPS) is 9.79. The van der Waals surface area contributed by atoms with E-state index in [-0.39, 0.29) is 0 Å². The highest BCUT2D eigenvalue weighted by atomic mass is 16.5. The lowest BCUT2D eigenvalue weighted by Gasteiger charge is -2.02. The number of hydrogen-bond donors (Lipinski definition) is 0. The molecule has 1 N–H and O–H groups in total. The van der Waals surface area contributed by atoms with E-state index in [2.05, 4.69) is 0 Å². The van der Waals surface area contributed by atoms with Gasteiger partial charge in [0, 0.05) is 6.42 Å². The summed E-state index contributed by atoms with van der Waals surface area (Å²) in [5.41, 5.74) is 7.92. The fourth-order valence-corrected chi connectivity index (χ4v) is 1.25. The summed E-state index contributed by atoms with van der Waals surface area (Å²) in [5.74, 6) is 0.351. The lowest BCUT2D eigenvalue weighted by atomic mass is 10.1. The van der Waals surface area contributed by atoms with E-state index in [0.29, 0.717) is 6.42 Å². The zero-order chi connectivity index (χ0) is 10.4. The Kier molecular flexibility index (Phi) is 3.98. The number of carbonyl (C=O) groups is 1. The van der Waals surface area contributed by atoms with Crippen LogP contribution < -0.4 is 10.5 Å². The van der Waals surface area contributed by atoms with Crippen molar-refractivity contribution in [3.8, 4) is 5.75 Å². The molecule has 0 atom stereocenters. The molecule has 1 radical (unpaired) electrons. The number of methoxy groups -OCH3 is 1. The van der Waals surface area contributed by atoms with Gasteiger partial charge in [-0.15, -0.1) is 0 Å². The molecule has 3 heteroatoms. The van der Waals surface area contributed by atoms with Gasteiger partial charge < -0.3 is 4.74 Å². The molecular formula is C11H14NO2. The molecule has 75 valence electrons. The topological polar surface area (TPSA) is 50.1 Å². The number of amides is 1. The third-order valence-corrected chi connectivity index (χ3v) is 2.03. The smallest absolute Gasteiger partial charge is 0.238 e. The van der Waals surface area contributed by atoms with Crippen LogP contribution in [0.25, 0.3) is 0 Å². The van der Waals surface area contributed by atoms with Crippen LogP contribution in [0.2, 0.25) is 0 Å². The molecule has 0 saturated carbocycles. The highest BCUT2D eigenvalue weighted by Crippen LogP contribution is 2.12. The van der Waals surface area contributed by atoms with E-state index in [4.69, 9.17) is 10.5 Å². The van der Waals surface area contributed by atoms with Crippen LogP contribution in [0.4, 0.5) is 0 Å². The molecule has 0 unspecified atom stereocenters. The van der Waals surface area contributed by atoms with Crippen molar-refractivity contribution < 1.29 is 9.53 Å². The summed E-state index contributed by atoms with van der Waals surface area (Å²) in [6, 6.07) is 7.76. The highest BCUT2D eigenvalue weighted by molar-refractivity contribution is 5.72. The molecular weight excluding hydrogens is 178 g/mol. The fourth-order valence-electron chi connectivity index (χ4n) is 1.25. The Labute approximate surface area is 83.9 Å². The summed E-state index contributed by atoms with van der Waals surface area (Å²) >= 11 is 0. The Hall–Kier alpha value is -1.51. The van der Waals surface area contributed by atoms with Crippen LogP contribution in [0.1, 0.15) is 18.4 Å². The van der Waals surface area contributed by atoms with Crippen molar-refractivity contribution in [2.24, 2.45) is 0 Å². The van der Waals surface area contributed by atoms with E-state index >= 15 is 0 Å². The van der Waals surface area contributed by atoms with Gasteiger partial charge in [-0.1, -0.05) is 12.1 Å². The predicted molar refractivity (Wildman–Crippen MR) is 54.0 cm³/mol. The monoisotopic (exact) mass is 192 g/mol. The van der Waals surface area contributed by atoms with Gasteiger partial charge in [0.15, 0.2) is 0 Å². The Morgan fingerprint density at radius 3 is 2.50 bits per heavy atom. The molecule has 0 heterocycles. The van der Waals surface area contributed by atoms with Crippen LogP contribution >= 0.6 is 0 Å². The van der Waals surface area contributed by atoms with Gasteiger partial charge in [0.25, 0.3) is 0 Å². The van der Waals surface area contributed by atoms with E-state index in [0.717, 1.165) is 18.6 Å².